The Kier molecular flexibility index (Phi) is 7.76. The second-order valence-electron chi connectivity index (χ2n) is 9.06. The topological polar surface area (TPSA) is 84.7 Å². The Balaban J connectivity index is 1.30. The van der Waals surface area contributed by atoms with E-state index in [0.29, 0.717) is 10.9 Å². The van der Waals surface area contributed by atoms with Crippen LogP contribution in [0.15, 0.2) is 42.5 Å². The van der Waals surface area contributed by atoms with Crippen LogP contribution in [0.1, 0.15) is 56.4 Å². The van der Waals surface area contributed by atoms with E-state index in [-0.39, 0.29) is 24.3 Å². The first-order valence-electron chi connectivity index (χ1n) is 11.9. The number of hydrogen-bond donors (Lipinski definition) is 2. The summed E-state index contributed by atoms with van der Waals surface area (Å²) in [5.41, 5.74) is 8.33. The Morgan fingerprint density at radius 2 is 1.70 bits per heavy atom. The third-order valence-electron chi connectivity index (χ3n) is 6.79. The number of anilines is 2. The van der Waals surface area contributed by atoms with Crippen molar-refractivity contribution in [2.75, 3.05) is 29.9 Å². The number of ether oxygens (including phenoxy) is 1. The van der Waals surface area contributed by atoms with Crippen molar-refractivity contribution in [1.29, 1.82) is 0 Å². The number of primary amides is 1. The lowest BCUT2D eigenvalue weighted by atomic mass is 9.84. The second kappa shape index (κ2) is 10.9. The van der Waals surface area contributed by atoms with Crippen LogP contribution >= 0.6 is 11.6 Å². The lowest BCUT2D eigenvalue weighted by molar-refractivity contribution is -0.122. The van der Waals surface area contributed by atoms with Gasteiger partial charge in [-0.15, -0.1) is 0 Å². The van der Waals surface area contributed by atoms with E-state index in [4.69, 9.17) is 22.1 Å². The third kappa shape index (κ3) is 6.20. The van der Waals surface area contributed by atoms with Crippen molar-refractivity contribution < 1.29 is 14.3 Å². The lowest BCUT2D eigenvalue weighted by Gasteiger charge is -2.32. The first-order chi connectivity index (χ1) is 16.0. The molecule has 0 atom stereocenters. The van der Waals surface area contributed by atoms with Gasteiger partial charge in [0, 0.05) is 35.4 Å². The number of carbonyl (C=O) groups is 2. The maximum Gasteiger partial charge on any atom is 0.262 e. The molecule has 2 fully saturated rings. The molecule has 1 aliphatic carbocycles. The van der Waals surface area contributed by atoms with Crippen LogP contribution in [0, 0.1) is 5.92 Å². The summed E-state index contributed by atoms with van der Waals surface area (Å²) in [5.74, 6) is 0.750. The molecule has 33 heavy (non-hydrogen) atoms. The minimum absolute atomic E-state index is 0.0286. The molecule has 6 nitrogen and oxygen atoms in total. The third-order valence-corrected chi connectivity index (χ3v) is 7.02. The molecule has 2 aromatic carbocycles. The van der Waals surface area contributed by atoms with Crippen LogP contribution in [0.4, 0.5) is 11.4 Å². The van der Waals surface area contributed by atoms with Crippen molar-refractivity contribution in [1.82, 2.24) is 0 Å². The molecule has 2 amide bonds. The van der Waals surface area contributed by atoms with Gasteiger partial charge in [0.15, 0.2) is 6.61 Å². The SMILES string of the molecule is NC(=O)C1CCN(c2ccc(NC(=O)COc3ccc(Cl)cc3C3CCCCC3)cc2)CC1. The number of hydrogen-bond acceptors (Lipinski definition) is 4. The van der Waals surface area contributed by atoms with Gasteiger partial charge in [0.2, 0.25) is 5.91 Å². The molecule has 1 saturated heterocycles. The smallest absolute Gasteiger partial charge is 0.262 e. The molecule has 1 saturated carbocycles. The van der Waals surface area contributed by atoms with Crippen molar-refractivity contribution in [3.05, 3.63) is 53.1 Å². The molecule has 176 valence electrons. The summed E-state index contributed by atoms with van der Waals surface area (Å²) in [6.45, 7) is 1.55. The van der Waals surface area contributed by atoms with E-state index in [1.807, 2.05) is 42.5 Å². The summed E-state index contributed by atoms with van der Waals surface area (Å²) in [6.07, 6.45) is 7.54. The summed E-state index contributed by atoms with van der Waals surface area (Å²) < 4.78 is 5.91. The quantitative estimate of drug-likeness (QED) is 0.590. The molecule has 1 heterocycles. The minimum atomic E-state index is -0.209. The standard InChI is InChI=1S/C26H32ClN3O3/c27-20-6-11-24(23(16-20)18-4-2-1-3-5-18)33-17-25(31)29-21-7-9-22(10-8-21)30-14-12-19(13-15-30)26(28)32/h6-11,16,18-19H,1-5,12-15,17H2,(H2,28,32)(H,29,31). The number of benzene rings is 2. The minimum Gasteiger partial charge on any atom is -0.483 e. The largest absolute Gasteiger partial charge is 0.483 e. The zero-order valence-electron chi connectivity index (χ0n) is 18.9. The van der Waals surface area contributed by atoms with Crippen LogP contribution in [-0.4, -0.2) is 31.5 Å². The van der Waals surface area contributed by atoms with E-state index < -0.39 is 0 Å². The van der Waals surface area contributed by atoms with Gasteiger partial charge in [0.25, 0.3) is 5.91 Å². The fraction of sp³-hybridized carbons (Fsp3) is 0.462. The van der Waals surface area contributed by atoms with Gasteiger partial charge in [-0.2, -0.15) is 0 Å². The number of amides is 2. The maximum absolute atomic E-state index is 12.5. The van der Waals surface area contributed by atoms with Gasteiger partial charge >= 0.3 is 0 Å². The van der Waals surface area contributed by atoms with Crippen molar-refractivity contribution in [3.8, 4) is 5.75 Å². The molecule has 2 aliphatic rings. The summed E-state index contributed by atoms with van der Waals surface area (Å²) in [4.78, 5) is 26.1. The molecular formula is C26H32ClN3O3. The van der Waals surface area contributed by atoms with Crippen LogP contribution in [-0.2, 0) is 9.59 Å². The molecular weight excluding hydrogens is 438 g/mol. The van der Waals surface area contributed by atoms with Gasteiger partial charge in [0.1, 0.15) is 5.75 Å². The fourth-order valence-corrected chi connectivity index (χ4v) is 5.08. The second-order valence-corrected chi connectivity index (χ2v) is 9.50. The number of piperidine rings is 1. The van der Waals surface area contributed by atoms with Crippen molar-refractivity contribution in [3.63, 3.8) is 0 Å². The van der Waals surface area contributed by atoms with Crippen LogP contribution < -0.4 is 20.7 Å². The van der Waals surface area contributed by atoms with E-state index in [2.05, 4.69) is 10.2 Å². The molecule has 4 rings (SSSR count). The molecule has 0 bridgehead atoms. The van der Waals surface area contributed by atoms with E-state index in [0.717, 1.165) is 61.5 Å². The highest BCUT2D eigenvalue weighted by atomic mass is 35.5. The molecule has 0 radical (unpaired) electrons. The average Bonchev–Trinajstić information content (AvgIpc) is 2.84. The Bertz CT molecular complexity index is 965. The predicted molar refractivity (Wildman–Crippen MR) is 132 cm³/mol. The monoisotopic (exact) mass is 469 g/mol. The average molecular weight is 470 g/mol. The van der Waals surface area contributed by atoms with Crippen LogP contribution in [0.3, 0.4) is 0 Å². The van der Waals surface area contributed by atoms with E-state index in [9.17, 15) is 9.59 Å². The van der Waals surface area contributed by atoms with Gasteiger partial charge in [-0.25, -0.2) is 0 Å². The number of nitrogens with two attached hydrogens (primary N) is 1. The zero-order valence-corrected chi connectivity index (χ0v) is 19.7. The van der Waals surface area contributed by atoms with Gasteiger partial charge in [0.05, 0.1) is 0 Å². The van der Waals surface area contributed by atoms with Crippen LogP contribution in [0.5, 0.6) is 5.75 Å². The number of carbonyl (C=O) groups excluding carboxylic acids is 2. The number of nitrogens with zero attached hydrogens (tertiary/aromatic N) is 1. The highest BCUT2D eigenvalue weighted by Gasteiger charge is 2.23. The Morgan fingerprint density at radius 1 is 1.00 bits per heavy atom. The van der Waals surface area contributed by atoms with Crippen molar-refractivity contribution in [2.45, 2.75) is 50.9 Å². The Morgan fingerprint density at radius 3 is 2.36 bits per heavy atom. The first kappa shape index (κ1) is 23.4. The van der Waals surface area contributed by atoms with Crippen molar-refractivity contribution >= 4 is 34.8 Å². The van der Waals surface area contributed by atoms with Gasteiger partial charge in [-0.3, -0.25) is 9.59 Å². The predicted octanol–water partition coefficient (Wildman–Crippen LogP) is 5.11. The molecule has 7 heteroatoms. The number of nitrogens with one attached hydrogen (secondary N) is 1. The molecule has 0 aromatic heterocycles. The summed E-state index contributed by atoms with van der Waals surface area (Å²) in [7, 11) is 0. The molecule has 2 aromatic rings. The summed E-state index contributed by atoms with van der Waals surface area (Å²) >= 11 is 6.24. The zero-order chi connectivity index (χ0) is 23.2. The van der Waals surface area contributed by atoms with Crippen molar-refractivity contribution in [2.24, 2.45) is 11.7 Å². The highest BCUT2D eigenvalue weighted by molar-refractivity contribution is 6.30. The maximum atomic E-state index is 12.5. The van der Waals surface area contributed by atoms with Crippen LogP contribution in [0.2, 0.25) is 5.02 Å². The van der Waals surface area contributed by atoms with Gasteiger partial charge < -0.3 is 20.7 Å². The van der Waals surface area contributed by atoms with E-state index in [1.54, 1.807) is 0 Å². The molecule has 0 spiro atoms. The molecule has 3 N–H and O–H groups in total. The number of rotatable bonds is 7. The lowest BCUT2D eigenvalue weighted by Crippen LogP contribution is -2.38. The molecule has 1 aliphatic heterocycles. The first-order valence-corrected chi connectivity index (χ1v) is 12.2. The van der Waals surface area contributed by atoms with E-state index >= 15 is 0 Å². The highest BCUT2D eigenvalue weighted by Crippen LogP contribution is 2.38. The summed E-state index contributed by atoms with van der Waals surface area (Å²) in [5, 5.41) is 3.61. The number of halogens is 1. The Hall–Kier alpha value is -2.73. The fourth-order valence-electron chi connectivity index (χ4n) is 4.90. The summed E-state index contributed by atoms with van der Waals surface area (Å²) in [6, 6.07) is 13.4. The normalized spacial score (nSPS) is 17.5. The van der Waals surface area contributed by atoms with E-state index in [1.165, 1.54) is 19.3 Å². The molecule has 0 unspecified atom stereocenters. The Labute approximate surface area is 200 Å². The van der Waals surface area contributed by atoms with Gasteiger partial charge in [-0.05, 0) is 79.6 Å². The van der Waals surface area contributed by atoms with Gasteiger partial charge in [-0.1, -0.05) is 30.9 Å². The van der Waals surface area contributed by atoms with Crippen LogP contribution in [0.25, 0.3) is 0 Å².